The van der Waals surface area contributed by atoms with Crippen LogP contribution < -0.4 is 5.73 Å². The van der Waals surface area contributed by atoms with Crippen molar-refractivity contribution < 1.29 is 0 Å². The molecule has 2 heterocycles. The van der Waals surface area contributed by atoms with Crippen molar-refractivity contribution in [3.05, 3.63) is 11.8 Å². The molecule has 0 unspecified atom stereocenters. The van der Waals surface area contributed by atoms with E-state index in [0.717, 1.165) is 10.6 Å². The second kappa shape index (κ2) is 3.81. The Hall–Kier alpha value is -1.70. The largest absolute Gasteiger partial charge is 0.368 e. The Labute approximate surface area is 90.1 Å². The molecule has 0 fully saturated rings. The molecular weight excluding hydrogens is 214 g/mol. The first-order valence-electron chi connectivity index (χ1n) is 4.16. The van der Waals surface area contributed by atoms with Gasteiger partial charge < -0.3 is 5.73 Å². The Morgan fingerprint density at radius 2 is 2.27 bits per heavy atom. The van der Waals surface area contributed by atoms with E-state index in [2.05, 4.69) is 25.5 Å². The van der Waals surface area contributed by atoms with E-state index >= 15 is 0 Å². The predicted octanol–water partition coefficient (Wildman–Crippen LogP) is 0.0419. The fraction of sp³-hybridized carbons (Fsp3) is 0.286. The smallest absolute Gasteiger partial charge is 0.221 e. The van der Waals surface area contributed by atoms with Crippen molar-refractivity contribution in [2.75, 3.05) is 5.73 Å². The first-order chi connectivity index (χ1) is 7.16. The molecule has 2 rings (SSSR count). The molecule has 0 aliphatic rings. The average Bonchev–Trinajstić information content (AvgIpc) is 2.58. The topological polar surface area (TPSA) is 95.4 Å². The highest BCUT2D eigenvalue weighted by Gasteiger charge is 2.09. The predicted molar refractivity (Wildman–Crippen MR) is 54.1 cm³/mol. The van der Waals surface area contributed by atoms with Crippen LogP contribution in [0, 0.1) is 6.92 Å². The van der Waals surface area contributed by atoms with Crippen LogP contribution in [0.25, 0.3) is 0 Å². The molecule has 0 aliphatic carbocycles. The number of hydrogen-bond acceptors (Lipinski definition) is 7. The fourth-order valence-corrected chi connectivity index (χ4v) is 1.71. The lowest BCUT2D eigenvalue weighted by Gasteiger charge is -2.02. The molecule has 0 bridgehead atoms. The summed E-state index contributed by atoms with van der Waals surface area (Å²) >= 11 is 1.36. The molecule has 0 saturated heterocycles. The van der Waals surface area contributed by atoms with Gasteiger partial charge in [0, 0.05) is 18.8 Å². The van der Waals surface area contributed by atoms with Crippen molar-refractivity contribution in [2.24, 2.45) is 7.05 Å². The lowest BCUT2D eigenvalue weighted by molar-refractivity contribution is 0.664. The summed E-state index contributed by atoms with van der Waals surface area (Å²) in [7, 11) is 1.77. The van der Waals surface area contributed by atoms with Gasteiger partial charge in [0.2, 0.25) is 11.1 Å². The fourth-order valence-electron chi connectivity index (χ4n) is 0.937. The maximum Gasteiger partial charge on any atom is 0.221 e. The van der Waals surface area contributed by atoms with Crippen LogP contribution in [0.1, 0.15) is 5.56 Å². The number of tetrazole rings is 1. The molecule has 7 nitrogen and oxygen atoms in total. The van der Waals surface area contributed by atoms with Gasteiger partial charge in [0.25, 0.3) is 0 Å². The summed E-state index contributed by atoms with van der Waals surface area (Å²) in [6.07, 6.45) is 1.68. The summed E-state index contributed by atoms with van der Waals surface area (Å²) in [5, 5.41) is 12.5. The highest BCUT2D eigenvalue weighted by atomic mass is 32.2. The minimum absolute atomic E-state index is 0.248. The SMILES string of the molecule is Cc1cnc(N)nc1Sc1nnnn1C. The highest BCUT2D eigenvalue weighted by Crippen LogP contribution is 2.25. The van der Waals surface area contributed by atoms with E-state index in [0.29, 0.717) is 5.16 Å². The van der Waals surface area contributed by atoms with Gasteiger partial charge in [-0.2, -0.15) is 0 Å². The second-order valence-corrected chi connectivity index (χ2v) is 3.86. The van der Waals surface area contributed by atoms with Crippen molar-refractivity contribution in [1.29, 1.82) is 0 Å². The van der Waals surface area contributed by atoms with Gasteiger partial charge in [-0.1, -0.05) is 0 Å². The maximum absolute atomic E-state index is 5.50. The van der Waals surface area contributed by atoms with E-state index in [1.807, 2.05) is 6.92 Å². The standard InChI is InChI=1S/C7H9N7S/c1-4-3-9-6(8)10-5(4)15-7-11-12-13-14(7)2/h3H,1-2H3,(H2,8,9,10). The van der Waals surface area contributed by atoms with Crippen molar-refractivity contribution in [3.8, 4) is 0 Å². The lowest BCUT2D eigenvalue weighted by atomic mass is 10.4. The van der Waals surface area contributed by atoms with Crippen LogP contribution in [0.15, 0.2) is 16.4 Å². The number of rotatable bonds is 2. The zero-order valence-corrected chi connectivity index (χ0v) is 9.06. The molecule has 8 heteroatoms. The molecule has 0 radical (unpaired) electrons. The molecule has 15 heavy (non-hydrogen) atoms. The zero-order chi connectivity index (χ0) is 10.8. The summed E-state index contributed by atoms with van der Waals surface area (Å²) in [5.41, 5.74) is 6.44. The van der Waals surface area contributed by atoms with Gasteiger partial charge >= 0.3 is 0 Å². The van der Waals surface area contributed by atoms with Crippen molar-refractivity contribution in [2.45, 2.75) is 17.1 Å². The van der Waals surface area contributed by atoms with Gasteiger partial charge in [0.1, 0.15) is 5.03 Å². The van der Waals surface area contributed by atoms with E-state index in [-0.39, 0.29) is 5.95 Å². The van der Waals surface area contributed by atoms with Crippen molar-refractivity contribution >= 4 is 17.7 Å². The van der Waals surface area contributed by atoms with Gasteiger partial charge in [0.05, 0.1) is 0 Å². The zero-order valence-electron chi connectivity index (χ0n) is 8.25. The van der Waals surface area contributed by atoms with Crippen LogP contribution in [0.5, 0.6) is 0 Å². The van der Waals surface area contributed by atoms with Crippen molar-refractivity contribution in [3.63, 3.8) is 0 Å². The number of aromatic nitrogens is 6. The summed E-state index contributed by atoms with van der Waals surface area (Å²) in [4.78, 5) is 8.00. The number of aryl methyl sites for hydroxylation is 2. The third-order valence-electron chi connectivity index (χ3n) is 1.71. The number of nitrogens with zero attached hydrogens (tertiary/aromatic N) is 6. The Balaban J connectivity index is 2.32. The highest BCUT2D eigenvalue weighted by molar-refractivity contribution is 7.99. The van der Waals surface area contributed by atoms with Crippen LogP contribution in [0.2, 0.25) is 0 Å². The Bertz CT molecular complexity index is 480. The molecule has 0 amide bonds. The second-order valence-electron chi connectivity index (χ2n) is 2.90. The maximum atomic E-state index is 5.50. The van der Waals surface area contributed by atoms with Crippen LogP contribution in [-0.2, 0) is 7.05 Å². The lowest BCUT2D eigenvalue weighted by Crippen LogP contribution is -1.99. The molecule has 0 aromatic carbocycles. The number of nitrogen functional groups attached to an aromatic ring is 1. The molecule has 0 aliphatic heterocycles. The molecule has 2 aromatic heterocycles. The van der Waals surface area contributed by atoms with Crippen LogP contribution >= 0.6 is 11.8 Å². The number of nitrogens with two attached hydrogens (primary N) is 1. The molecule has 0 saturated carbocycles. The van der Waals surface area contributed by atoms with E-state index in [1.165, 1.54) is 11.8 Å². The van der Waals surface area contributed by atoms with Gasteiger partial charge in [-0.3, -0.25) is 0 Å². The molecule has 0 spiro atoms. The summed E-state index contributed by atoms with van der Waals surface area (Å²) in [6, 6.07) is 0. The third-order valence-corrected chi connectivity index (χ3v) is 2.85. The normalized spacial score (nSPS) is 10.5. The third kappa shape index (κ3) is 2.04. The summed E-state index contributed by atoms with van der Waals surface area (Å²) in [5.74, 6) is 0.248. The summed E-state index contributed by atoms with van der Waals surface area (Å²) < 4.78 is 1.57. The molecular formula is C7H9N7S. The van der Waals surface area contributed by atoms with Gasteiger partial charge in [0.15, 0.2) is 0 Å². The first-order valence-corrected chi connectivity index (χ1v) is 4.98. The van der Waals surface area contributed by atoms with Gasteiger partial charge in [-0.25, -0.2) is 14.6 Å². The monoisotopic (exact) mass is 223 g/mol. The van der Waals surface area contributed by atoms with E-state index in [4.69, 9.17) is 5.73 Å². The quantitative estimate of drug-likeness (QED) is 0.718. The van der Waals surface area contributed by atoms with Crippen LogP contribution in [0.3, 0.4) is 0 Å². The average molecular weight is 223 g/mol. The Morgan fingerprint density at radius 3 is 2.93 bits per heavy atom. The summed E-state index contributed by atoms with van der Waals surface area (Å²) in [6.45, 7) is 1.91. The Morgan fingerprint density at radius 1 is 1.47 bits per heavy atom. The molecule has 0 atom stereocenters. The number of anilines is 1. The first kappa shape index (κ1) is 9.84. The molecule has 2 N–H and O–H groups in total. The van der Waals surface area contributed by atoms with E-state index in [9.17, 15) is 0 Å². The molecule has 78 valence electrons. The van der Waals surface area contributed by atoms with Crippen LogP contribution in [0.4, 0.5) is 5.95 Å². The minimum Gasteiger partial charge on any atom is -0.368 e. The van der Waals surface area contributed by atoms with E-state index in [1.54, 1.807) is 17.9 Å². The minimum atomic E-state index is 0.248. The van der Waals surface area contributed by atoms with Gasteiger partial charge in [-0.05, 0) is 29.1 Å². The Kier molecular flexibility index (Phi) is 2.50. The van der Waals surface area contributed by atoms with Crippen LogP contribution in [-0.4, -0.2) is 30.2 Å². The van der Waals surface area contributed by atoms with Crippen molar-refractivity contribution in [1.82, 2.24) is 30.2 Å². The molecule has 2 aromatic rings. The number of hydrogen-bond donors (Lipinski definition) is 1. The van der Waals surface area contributed by atoms with Gasteiger partial charge in [-0.15, -0.1) is 5.10 Å². The van der Waals surface area contributed by atoms with E-state index < -0.39 is 0 Å².